The van der Waals surface area contributed by atoms with E-state index in [1.807, 2.05) is 0 Å². The summed E-state index contributed by atoms with van der Waals surface area (Å²) < 4.78 is 49.0. The third-order valence-electron chi connectivity index (χ3n) is 5.68. The molecule has 0 amide bonds. The molecule has 0 bridgehead atoms. The van der Waals surface area contributed by atoms with Gasteiger partial charge >= 0.3 is 11.6 Å². The molecule has 12 heteroatoms. The van der Waals surface area contributed by atoms with Crippen molar-refractivity contribution in [3.63, 3.8) is 0 Å². The molecule has 3 atom stereocenters. The topological polar surface area (TPSA) is 129 Å². The average molecular weight is 464 g/mol. The Kier molecular flexibility index (Phi) is 6.23. The van der Waals surface area contributed by atoms with Crippen molar-refractivity contribution < 1.29 is 23.0 Å². The summed E-state index contributed by atoms with van der Waals surface area (Å²) in [6, 6.07) is 7.11. The Morgan fingerprint density at radius 1 is 1.39 bits per heavy atom. The minimum absolute atomic E-state index is 0.0466. The lowest BCUT2D eigenvalue weighted by Gasteiger charge is -2.32. The van der Waals surface area contributed by atoms with Crippen LogP contribution in [-0.2, 0) is 4.74 Å². The Balaban J connectivity index is 1.47. The first-order valence-corrected chi connectivity index (χ1v) is 10.2. The molecule has 9 nitrogen and oxygen atoms in total. The van der Waals surface area contributed by atoms with Gasteiger partial charge in [-0.25, -0.2) is 9.18 Å². The Labute approximate surface area is 186 Å². The molecule has 3 heterocycles. The molecule has 2 aromatic rings. The van der Waals surface area contributed by atoms with E-state index in [-0.39, 0.29) is 18.9 Å². The van der Waals surface area contributed by atoms with E-state index in [1.54, 1.807) is 17.0 Å². The maximum absolute atomic E-state index is 14.8. The Hall–Kier alpha value is -3.22. The van der Waals surface area contributed by atoms with E-state index in [9.17, 15) is 23.1 Å². The molecule has 0 saturated carbocycles. The molecule has 5 N–H and O–H groups in total. The molecule has 1 fully saturated rings. The number of aliphatic hydroxyl groups is 1. The van der Waals surface area contributed by atoms with Crippen LogP contribution in [0.1, 0.15) is 12.6 Å². The van der Waals surface area contributed by atoms with Crippen molar-refractivity contribution in [2.24, 2.45) is 0 Å². The van der Waals surface area contributed by atoms with Crippen molar-refractivity contribution >= 4 is 17.7 Å². The molecule has 0 aliphatic carbocycles. The van der Waals surface area contributed by atoms with E-state index in [2.05, 4.69) is 10.3 Å². The zero-order valence-corrected chi connectivity index (χ0v) is 17.4. The van der Waals surface area contributed by atoms with Crippen LogP contribution < -0.4 is 16.7 Å². The Morgan fingerprint density at radius 3 is 2.88 bits per heavy atom. The van der Waals surface area contributed by atoms with Crippen molar-refractivity contribution in [2.45, 2.75) is 30.8 Å². The summed E-state index contributed by atoms with van der Waals surface area (Å²) in [5.41, 5.74) is 6.26. The highest BCUT2D eigenvalue weighted by Crippen LogP contribution is 2.42. The summed E-state index contributed by atoms with van der Waals surface area (Å²) in [4.78, 5) is 17.2. The lowest BCUT2D eigenvalue weighted by Crippen LogP contribution is -2.45. The molecule has 1 saturated heterocycles. The number of aliphatic hydroxyl groups excluding tert-OH is 1. The van der Waals surface area contributed by atoms with Gasteiger partial charge in [0.2, 0.25) is 6.23 Å². The maximum atomic E-state index is 14.8. The van der Waals surface area contributed by atoms with Crippen molar-refractivity contribution in [1.29, 1.82) is 5.41 Å². The smallest absolute Gasteiger partial charge is 0.351 e. The lowest BCUT2D eigenvalue weighted by molar-refractivity contribution is -0.140. The van der Waals surface area contributed by atoms with Gasteiger partial charge in [0.1, 0.15) is 23.8 Å². The largest absolute Gasteiger partial charge is 0.384 e. The minimum Gasteiger partial charge on any atom is -0.384 e. The molecule has 0 spiro atoms. The number of benzene rings is 1. The second-order valence-electron chi connectivity index (χ2n) is 7.96. The molecule has 0 unspecified atom stereocenters. The van der Waals surface area contributed by atoms with E-state index in [1.165, 1.54) is 18.2 Å². The lowest BCUT2D eigenvalue weighted by atomic mass is 10.0. The molecule has 1 aromatic carbocycles. The first-order valence-electron chi connectivity index (χ1n) is 10.2. The highest BCUT2D eigenvalue weighted by molar-refractivity contribution is 5.79. The predicted molar refractivity (Wildman–Crippen MR) is 115 cm³/mol. The van der Waals surface area contributed by atoms with Gasteiger partial charge in [0.15, 0.2) is 0 Å². The normalized spacial score (nSPS) is 25.3. The number of anilines is 2. The summed E-state index contributed by atoms with van der Waals surface area (Å²) in [5.74, 6) is -4.24. The minimum atomic E-state index is -3.73. The van der Waals surface area contributed by atoms with Gasteiger partial charge in [-0.05, 0) is 24.3 Å². The third-order valence-corrected chi connectivity index (χ3v) is 5.68. The Morgan fingerprint density at radius 2 is 2.18 bits per heavy atom. The number of nitrogens with one attached hydrogen (secondary N) is 2. The summed E-state index contributed by atoms with van der Waals surface area (Å²) in [6.07, 6.45) is -2.79. The number of nitrogen functional groups attached to an aromatic ring is 1. The number of halogens is 3. The predicted octanol–water partition coefficient (Wildman–Crippen LogP) is 1.58. The van der Waals surface area contributed by atoms with Crippen LogP contribution in [0.15, 0.2) is 52.6 Å². The fourth-order valence-electron chi connectivity index (χ4n) is 4.00. The number of nitrogens with zero attached hydrogens (tertiary/aromatic N) is 3. The number of ether oxygens (including phenoxy) is 1. The number of nitrogens with two attached hydrogens (primary N) is 1. The second kappa shape index (κ2) is 8.96. The summed E-state index contributed by atoms with van der Waals surface area (Å²) in [6.45, 7) is 0.628. The van der Waals surface area contributed by atoms with Gasteiger partial charge in [-0.2, -0.15) is 13.8 Å². The molecule has 0 radical (unpaired) electrons. The quantitative estimate of drug-likeness (QED) is 0.478. The first-order chi connectivity index (χ1) is 15.7. The van der Waals surface area contributed by atoms with Crippen LogP contribution in [0.2, 0.25) is 0 Å². The number of hydrogen-bond donors (Lipinski definition) is 4. The van der Waals surface area contributed by atoms with Gasteiger partial charge in [0.05, 0.1) is 0 Å². The van der Waals surface area contributed by atoms with E-state index in [0.29, 0.717) is 28.8 Å². The standard InChI is InChI=1S/C21H23F3N6O3/c22-13-2-1-3-14(8-13)27-15-4-6-29(10-12(15)9-25)11-16-18(31)21(23,24)19(33-16)30-7-5-17(26)28-20(30)32/h1-3,5,7-9,16,18-19,25,27,31H,4,6,10-11H2,(H2,26,28,32)/t16-,18-,19-/m1/s1. The fraction of sp³-hybridized carbons (Fsp3) is 0.381. The van der Waals surface area contributed by atoms with Gasteiger partial charge in [-0.3, -0.25) is 9.47 Å². The van der Waals surface area contributed by atoms with Crippen LogP contribution in [-0.4, -0.2) is 63.5 Å². The van der Waals surface area contributed by atoms with Gasteiger partial charge in [-0.15, -0.1) is 0 Å². The Bertz CT molecular complexity index is 1140. The zero-order chi connectivity index (χ0) is 23.8. The van der Waals surface area contributed by atoms with Gasteiger partial charge < -0.3 is 26.3 Å². The van der Waals surface area contributed by atoms with Crippen LogP contribution in [0.3, 0.4) is 0 Å². The molecule has 176 valence electrons. The average Bonchev–Trinajstić information content (AvgIpc) is 2.98. The molecule has 33 heavy (non-hydrogen) atoms. The monoisotopic (exact) mass is 464 g/mol. The highest BCUT2D eigenvalue weighted by Gasteiger charge is 2.59. The third kappa shape index (κ3) is 4.63. The fourth-order valence-corrected chi connectivity index (χ4v) is 4.00. The van der Waals surface area contributed by atoms with Crippen molar-refractivity contribution in [3.8, 4) is 0 Å². The summed E-state index contributed by atoms with van der Waals surface area (Å²) in [7, 11) is 0. The number of hydrogen-bond acceptors (Lipinski definition) is 8. The van der Waals surface area contributed by atoms with Gasteiger partial charge in [0, 0.05) is 55.4 Å². The maximum Gasteiger partial charge on any atom is 0.351 e. The van der Waals surface area contributed by atoms with Crippen LogP contribution in [0.25, 0.3) is 0 Å². The number of rotatable bonds is 6. The van der Waals surface area contributed by atoms with Gasteiger partial charge in [-0.1, -0.05) is 6.07 Å². The van der Waals surface area contributed by atoms with Crippen molar-refractivity contribution in [3.05, 3.63) is 64.1 Å². The van der Waals surface area contributed by atoms with Crippen LogP contribution >= 0.6 is 0 Å². The molecule has 4 rings (SSSR count). The van der Waals surface area contributed by atoms with E-state index >= 15 is 0 Å². The van der Waals surface area contributed by atoms with Crippen LogP contribution in [0.5, 0.6) is 0 Å². The number of aromatic nitrogens is 2. The summed E-state index contributed by atoms with van der Waals surface area (Å²) in [5, 5.41) is 21.1. The van der Waals surface area contributed by atoms with E-state index < -0.39 is 35.9 Å². The SMILES string of the molecule is N=CC1=C(Nc2cccc(F)c2)CCN(C[C@H]2O[C@@H](n3ccc(N)nc3=O)C(F)(F)[C@@H]2O)C1. The molecule has 2 aliphatic heterocycles. The van der Waals surface area contributed by atoms with Crippen molar-refractivity contribution in [1.82, 2.24) is 14.5 Å². The molecule has 1 aromatic heterocycles. The van der Waals surface area contributed by atoms with Crippen molar-refractivity contribution in [2.75, 3.05) is 30.7 Å². The summed E-state index contributed by atoms with van der Waals surface area (Å²) >= 11 is 0. The zero-order valence-electron chi connectivity index (χ0n) is 17.4. The molecule has 2 aliphatic rings. The second-order valence-corrected chi connectivity index (χ2v) is 7.96. The number of alkyl halides is 2. The first kappa shape index (κ1) is 23.0. The van der Waals surface area contributed by atoms with Crippen LogP contribution in [0, 0.1) is 11.2 Å². The molecular weight excluding hydrogens is 441 g/mol. The van der Waals surface area contributed by atoms with Gasteiger partial charge in [0.25, 0.3) is 0 Å². The van der Waals surface area contributed by atoms with E-state index in [0.717, 1.165) is 18.1 Å². The molecular formula is C21H23F3N6O3. The van der Waals surface area contributed by atoms with E-state index in [4.69, 9.17) is 15.9 Å². The van der Waals surface area contributed by atoms with Crippen LogP contribution in [0.4, 0.5) is 24.7 Å². The highest BCUT2D eigenvalue weighted by atomic mass is 19.3.